The van der Waals surface area contributed by atoms with Crippen molar-refractivity contribution in [2.75, 3.05) is 31.0 Å². The minimum Gasteiger partial charge on any atom is -0.492 e. The molecule has 3 aromatic rings. The molecule has 1 aliphatic heterocycles. The van der Waals surface area contributed by atoms with Crippen molar-refractivity contribution in [3.05, 3.63) is 78.0 Å². The maximum Gasteiger partial charge on any atom is 0.227 e. The Hall–Kier alpha value is -2.93. The summed E-state index contributed by atoms with van der Waals surface area (Å²) in [5.74, 6) is 1.69. The van der Waals surface area contributed by atoms with Crippen LogP contribution in [0.4, 0.5) is 11.6 Å². The summed E-state index contributed by atoms with van der Waals surface area (Å²) in [4.78, 5) is 9.05. The van der Waals surface area contributed by atoms with E-state index in [4.69, 9.17) is 25.8 Å². The molecule has 2 aromatic carbocycles. The summed E-state index contributed by atoms with van der Waals surface area (Å²) >= 11 is 5.78. The first-order valence-corrected chi connectivity index (χ1v) is 10.7. The lowest BCUT2D eigenvalue weighted by Crippen LogP contribution is -2.04. The van der Waals surface area contributed by atoms with Crippen molar-refractivity contribution in [2.24, 2.45) is 0 Å². The van der Waals surface area contributed by atoms with Gasteiger partial charge in [0.1, 0.15) is 12.4 Å². The average Bonchev–Trinajstić information content (AvgIpc) is 2.80. The molecule has 160 valence electrons. The highest BCUT2D eigenvalue weighted by atomic mass is 35.5. The molecular weight excluding hydrogens is 414 g/mol. The number of hydrogen-bond acceptors (Lipinski definition) is 6. The highest BCUT2D eigenvalue weighted by Crippen LogP contribution is 2.26. The molecule has 0 saturated carbocycles. The number of nitrogens with zero attached hydrogens (tertiary/aromatic N) is 2. The quantitative estimate of drug-likeness (QED) is 0.454. The number of alkyl halides is 1. The van der Waals surface area contributed by atoms with E-state index in [-0.39, 0.29) is 0 Å². The number of hydrogen-bond donors (Lipinski definition) is 1. The van der Waals surface area contributed by atoms with Gasteiger partial charge >= 0.3 is 0 Å². The topological polar surface area (TPSA) is 65.5 Å². The fourth-order valence-electron chi connectivity index (χ4n) is 3.21. The van der Waals surface area contributed by atoms with E-state index in [0.717, 1.165) is 33.8 Å². The Morgan fingerprint density at radius 3 is 2.74 bits per heavy atom. The SMILES string of the molecule is ClCCOc1ccc2cc1COC/C=C/COCc1cccc(c1)-c1ccnc(n1)N2. The summed E-state index contributed by atoms with van der Waals surface area (Å²) in [6.45, 7) is 2.37. The fraction of sp³-hybridized carbons (Fsp3) is 0.250. The molecule has 0 spiro atoms. The van der Waals surface area contributed by atoms with E-state index >= 15 is 0 Å². The number of aromatic nitrogens is 2. The summed E-state index contributed by atoms with van der Waals surface area (Å²) in [7, 11) is 0. The molecule has 0 saturated heterocycles. The molecule has 6 bridgehead atoms. The molecule has 4 rings (SSSR count). The monoisotopic (exact) mass is 437 g/mol. The molecule has 7 heteroatoms. The number of benzene rings is 2. The molecule has 6 nitrogen and oxygen atoms in total. The Kier molecular flexibility index (Phi) is 7.50. The van der Waals surface area contributed by atoms with Crippen molar-refractivity contribution in [3.8, 4) is 17.0 Å². The van der Waals surface area contributed by atoms with Crippen molar-refractivity contribution < 1.29 is 14.2 Å². The number of halogens is 1. The Morgan fingerprint density at radius 1 is 1.00 bits per heavy atom. The largest absolute Gasteiger partial charge is 0.492 e. The minimum absolute atomic E-state index is 0.407. The smallest absolute Gasteiger partial charge is 0.227 e. The predicted octanol–water partition coefficient (Wildman–Crippen LogP) is 5.11. The van der Waals surface area contributed by atoms with E-state index in [9.17, 15) is 0 Å². The highest BCUT2D eigenvalue weighted by molar-refractivity contribution is 6.18. The van der Waals surface area contributed by atoms with Crippen molar-refractivity contribution in [1.82, 2.24) is 9.97 Å². The zero-order valence-electron chi connectivity index (χ0n) is 17.1. The van der Waals surface area contributed by atoms with Crippen LogP contribution in [0.15, 0.2) is 66.9 Å². The molecule has 31 heavy (non-hydrogen) atoms. The molecule has 1 N–H and O–H groups in total. The van der Waals surface area contributed by atoms with Crippen molar-refractivity contribution in [3.63, 3.8) is 0 Å². The van der Waals surface area contributed by atoms with Crippen LogP contribution in [-0.4, -0.2) is 35.7 Å². The lowest BCUT2D eigenvalue weighted by atomic mass is 10.1. The molecule has 0 unspecified atom stereocenters. The van der Waals surface area contributed by atoms with Gasteiger partial charge in [0.2, 0.25) is 5.95 Å². The number of fused-ring (bicyclic) bond motifs is 7. The number of nitrogens with one attached hydrogen (secondary N) is 1. The molecule has 1 aromatic heterocycles. The van der Waals surface area contributed by atoms with E-state index < -0.39 is 0 Å². The van der Waals surface area contributed by atoms with Gasteiger partial charge in [-0.05, 0) is 35.9 Å². The lowest BCUT2D eigenvalue weighted by molar-refractivity contribution is 0.139. The Labute approximate surface area is 186 Å². The van der Waals surface area contributed by atoms with Crippen LogP contribution in [-0.2, 0) is 22.7 Å². The second-order valence-electron chi connectivity index (χ2n) is 6.95. The van der Waals surface area contributed by atoms with E-state index in [1.165, 1.54) is 0 Å². The molecule has 0 aliphatic carbocycles. The molecule has 2 heterocycles. The Balaban J connectivity index is 1.65. The van der Waals surface area contributed by atoms with Gasteiger partial charge in [-0.25, -0.2) is 9.97 Å². The van der Waals surface area contributed by atoms with E-state index in [1.807, 2.05) is 54.6 Å². The summed E-state index contributed by atoms with van der Waals surface area (Å²) in [5.41, 5.74) is 4.72. The molecule has 0 atom stereocenters. The summed E-state index contributed by atoms with van der Waals surface area (Å²) < 4.78 is 17.3. The minimum atomic E-state index is 0.407. The van der Waals surface area contributed by atoms with E-state index in [2.05, 4.69) is 21.4 Å². The van der Waals surface area contributed by atoms with Crippen LogP contribution >= 0.6 is 11.6 Å². The van der Waals surface area contributed by atoms with Crippen molar-refractivity contribution in [1.29, 1.82) is 0 Å². The van der Waals surface area contributed by atoms with Gasteiger partial charge in [0.05, 0.1) is 38.0 Å². The standard InChI is InChI=1S/C24H24ClN3O3/c25-9-13-31-23-7-6-21-15-20(23)17-30-12-2-1-11-29-16-18-4-3-5-19(14-18)22-8-10-26-24(27-21)28-22/h1-8,10,14-15H,9,11-13,16-17H2,(H,26,27,28)/b2-1+. The third-order valence-electron chi connectivity index (χ3n) is 4.65. The van der Waals surface area contributed by atoms with Gasteiger partial charge in [-0.3, -0.25) is 0 Å². The van der Waals surface area contributed by atoms with E-state index in [1.54, 1.807) is 6.20 Å². The second kappa shape index (κ2) is 10.9. The van der Waals surface area contributed by atoms with Crippen LogP contribution in [0.2, 0.25) is 0 Å². The van der Waals surface area contributed by atoms with Gasteiger partial charge in [-0.15, -0.1) is 11.6 Å². The van der Waals surface area contributed by atoms with Crippen LogP contribution in [0.1, 0.15) is 11.1 Å². The summed E-state index contributed by atoms with van der Waals surface area (Å²) in [6.07, 6.45) is 5.67. The van der Waals surface area contributed by atoms with Crippen LogP contribution in [0.3, 0.4) is 0 Å². The molecular formula is C24H24ClN3O3. The molecule has 0 amide bonds. The first-order valence-electron chi connectivity index (χ1n) is 10.1. The normalized spacial score (nSPS) is 15.3. The van der Waals surface area contributed by atoms with Gasteiger partial charge in [-0.2, -0.15) is 0 Å². The van der Waals surface area contributed by atoms with Crippen molar-refractivity contribution >= 4 is 23.2 Å². The van der Waals surface area contributed by atoms with Gasteiger partial charge in [0.25, 0.3) is 0 Å². The predicted molar refractivity (Wildman–Crippen MR) is 122 cm³/mol. The zero-order chi connectivity index (χ0) is 21.3. The van der Waals surface area contributed by atoms with Crippen LogP contribution in [0.5, 0.6) is 5.75 Å². The van der Waals surface area contributed by atoms with Crippen LogP contribution in [0, 0.1) is 0 Å². The molecule has 0 radical (unpaired) electrons. The van der Waals surface area contributed by atoms with Gasteiger partial charge in [-0.1, -0.05) is 30.4 Å². The Bertz CT molecular complexity index is 1040. The second-order valence-corrected chi connectivity index (χ2v) is 7.33. The number of rotatable bonds is 3. The van der Waals surface area contributed by atoms with E-state index in [0.29, 0.717) is 44.9 Å². The van der Waals surface area contributed by atoms with Crippen LogP contribution in [0.25, 0.3) is 11.3 Å². The average molecular weight is 438 g/mol. The summed E-state index contributed by atoms with van der Waals surface area (Å²) in [6, 6.07) is 15.9. The van der Waals surface area contributed by atoms with Gasteiger partial charge in [0, 0.05) is 23.0 Å². The third-order valence-corrected chi connectivity index (χ3v) is 4.81. The highest BCUT2D eigenvalue weighted by Gasteiger charge is 2.09. The zero-order valence-corrected chi connectivity index (χ0v) is 17.8. The summed E-state index contributed by atoms with van der Waals surface area (Å²) in [5, 5.41) is 3.28. The number of ether oxygens (including phenoxy) is 3. The number of anilines is 2. The van der Waals surface area contributed by atoms with Gasteiger partial charge in [0.15, 0.2) is 0 Å². The van der Waals surface area contributed by atoms with Gasteiger partial charge < -0.3 is 19.5 Å². The maximum atomic E-state index is 5.80. The first kappa shape index (κ1) is 21.3. The first-order chi connectivity index (χ1) is 15.3. The molecule has 0 fully saturated rings. The lowest BCUT2D eigenvalue weighted by Gasteiger charge is -2.14. The molecule has 1 aliphatic rings. The Morgan fingerprint density at radius 2 is 1.87 bits per heavy atom. The fourth-order valence-corrected chi connectivity index (χ4v) is 3.28. The van der Waals surface area contributed by atoms with Crippen molar-refractivity contribution in [2.45, 2.75) is 13.2 Å². The third kappa shape index (κ3) is 6.04. The maximum absolute atomic E-state index is 5.80. The van der Waals surface area contributed by atoms with Crippen LogP contribution < -0.4 is 10.1 Å².